The minimum atomic E-state index is 0.164. The lowest BCUT2D eigenvalue weighted by Gasteiger charge is -2.21. The Bertz CT molecular complexity index is 1430. The largest absolute Gasteiger partial charge is 0.335 e. The molecular weight excluding hydrogens is 414 g/mol. The van der Waals surface area contributed by atoms with Gasteiger partial charge in [-0.2, -0.15) is 5.10 Å². The van der Waals surface area contributed by atoms with E-state index in [1.807, 2.05) is 24.3 Å². The molecule has 8 nitrogen and oxygen atoms in total. The third kappa shape index (κ3) is 3.78. The van der Waals surface area contributed by atoms with Crippen LogP contribution in [-0.4, -0.2) is 49.0 Å². The number of H-pyrrole nitrogens is 2. The van der Waals surface area contributed by atoms with Crippen LogP contribution in [0.2, 0.25) is 0 Å². The molecule has 1 aromatic carbocycles. The zero-order chi connectivity index (χ0) is 22.2. The second-order valence-electron chi connectivity index (χ2n) is 8.59. The number of carbonyl (C=O) groups excluding carboxylic acids is 1. The van der Waals surface area contributed by atoms with Gasteiger partial charge < -0.3 is 10.3 Å². The Kier molecular flexibility index (Phi) is 4.92. The van der Waals surface area contributed by atoms with Crippen molar-refractivity contribution in [1.82, 2.24) is 35.5 Å². The first-order chi connectivity index (χ1) is 16.2. The van der Waals surface area contributed by atoms with Crippen LogP contribution in [0, 0.1) is 5.92 Å². The van der Waals surface area contributed by atoms with E-state index < -0.39 is 0 Å². The Morgan fingerprint density at radius 3 is 2.76 bits per heavy atom. The van der Waals surface area contributed by atoms with Crippen molar-refractivity contribution < 1.29 is 4.79 Å². The van der Waals surface area contributed by atoms with E-state index in [1.54, 1.807) is 24.8 Å². The van der Waals surface area contributed by atoms with Gasteiger partial charge in [0, 0.05) is 41.5 Å². The molecule has 0 saturated carbocycles. The van der Waals surface area contributed by atoms with Crippen LogP contribution in [0.25, 0.3) is 44.6 Å². The summed E-state index contributed by atoms with van der Waals surface area (Å²) in [7, 11) is 0. The second-order valence-corrected chi connectivity index (χ2v) is 8.59. The summed E-state index contributed by atoms with van der Waals surface area (Å²) in [5, 5.41) is 11.9. The number of pyridine rings is 2. The molecule has 8 heteroatoms. The number of hydrogen-bond donors (Lipinski definition) is 3. The number of nitrogens with one attached hydrogen (secondary N) is 3. The van der Waals surface area contributed by atoms with Crippen molar-refractivity contribution >= 4 is 27.7 Å². The Balaban J connectivity index is 1.33. The van der Waals surface area contributed by atoms with Gasteiger partial charge >= 0.3 is 0 Å². The number of ketones is 1. The summed E-state index contributed by atoms with van der Waals surface area (Å²) in [6, 6.07) is 9.90. The molecule has 0 radical (unpaired) electrons. The van der Waals surface area contributed by atoms with Crippen LogP contribution in [0.4, 0.5) is 0 Å². The monoisotopic (exact) mass is 437 g/mol. The highest BCUT2D eigenvalue weighted by molar-refractivity contribution is 5.98. The highest BCUT2D eigenvalue weighted by atomic mass is 16.1. The van der Waals surface area contributed by atoms with Gasteiger partial charge in [0.2, 0.25) is 0 Å². The van der Waals surface area contributed by atoms with Gasteiger partial charge in [-0.3, -0.25) is 19.9 Å². The predicted molar refractivity (Wildman–Crippen MR) is 127 cm³/mol. The highest BCUT2D eigenvalue weighted by Crippen LogP contribution is 2.30. The van der Waals surface area contributed by atoms with Crippen LogP contribution in [0.1, 0.15) is 29.6 Å². The van der Waals surface area contributed by atoms with Gasteiger partial charge in [0.15, 0.2) is 11.6 Å². The molecule has 6 rings (SSSR count). The smallest absolute Gasteiger partial charge is 0.164 e. The maximum absolute atomic E-state index is 12.9. The van der Waals surface area contributed by atoms with Gasteiger partial charge in [0.05, 0.1) is 22.7 Å². The average molecular weight is 438 g/mol. The van der Waals surface area contributed by atoms with E-state index >= 15 is 0 Å². The molecule has 5 heterocycles. The van der Waals surface area contributed by atoms with Crippen molar-refractivity contribution in [3.8, 4) is 22.6 Å². The fourth-order valence-corrected chi connectivity index (χ4v) is 4.56. The topological polar surface area (TPSA) is 112 Å². The van der Waals surface area contributed by atoms with Gasteiger partial charge in [-0.05, 0) is 61.7 Å². The van der Waals surface area contributed by atoms with Crippen molar-refractivity contribution in [2.45, 2.75) is 19.3 Å². The van der Waals surface area contributed by atoms with Crippen LogP contribution in [0.5, 0.6) is 0 Å². The summed E-state index contributed by atoms with van der Waals surface area (Å²) in [5.41, 5.74) is 5.93. The van der Waals surface area contributed by atoms with Crippen LogP contribution in [0.15, 0.2) is 55.1 Å². The number of fused-ring (bicyclic) bond motifs is 2. The van der Waals surface area contributed by atoms with Crippen LogP contribution >= 0.6 is 0 Å². The van der Waals surface area contributed by atoms with Gasteiger partial charge in [0.25, 0.3) is 0 Å². The molecule has 0 amide bonds. The molecule has 0 atom stereocenters. The van der Waals surface area contributed by atoms with Crippen LogP contribution in [-0.2, 0) is 0 Å². The number of benzene rings is 1. The lowest BCUT2D eigenvalue weighted by Crippen LogP contribution is -2.28. The Morgan fingerprint density at radius 1 is 0.970 bits per heavy atom. The minimum absolute atomic E-state index is 0.164. The van der Waals surface area contributed by atoms with E-state index in [4.69, 9.17) is 0 Å². The third-order valence-electron chi connectivity index (χ3n) is 6.40. The number of rotatable bonds is 5. The normalized spacial score (nSPS) is 14.8. The lowest BCUT2D eigenvalue weighted by atomic mass is 9.90. The number of nitrogens with zero attached hydrogens (tertiary/aromatic N) is 4. The molecule has 1 aliphatic rings. The van der Waals surface area contributed by atoms with Gasteiger partial charge in [-0.1, -0.05) is 6.07 Å². The SMILES string of the molecule is O=C(CC1CCNCC1)c1cncc(-c2ccc3[nH]nc(-c4nc5ccncc5[nH]4)c3c2)c1. The summed E-state index contributed by atoms with van der Waals surface area (Å²) in [5.74, 6) is 1.30. The summed E-state index contributed by atoms with van der Waals surface area (Å²) in [6.07, 6.45) is 9.64. The zero-order valence-corrected chi connectivity index (χ0v) is 18.0. The average Bonchev–Trinajstić information content (AvgIpc) is 3.48. The first-order valence-electron chi connectivity index (χ1n) is 11.2. The fourth-order valence-electron chi connectivity index (χ4n) is 4.56. The van der Waals surface area contributed by atoms with E-state index in [0.717, 1.165) is 64.7 Å². The number of aromatic nitrogens is 6. The maximum Gasteiger partial charge on any atom is 0.164 e. The molecule has 3 N–H and O–H groups in total. The van der Waals surface area contributed by atoms with Crippen LogP contribution < -0.4 is 5.32 Å². The van der Waals surface area contributed by atoms with Crippen molar-refractivity contribution in [3.05, 3.63) is 60.7 Å². The zero-order valence-electron chi connectivity index (χ0n) is 18.0. The number of carbonyl (C=O) groups is 1. The molecule has 5 aromatic rings. The predicted octanol–water partition coefficient (Wildman–Crippen LogP) is 4.14. The molecular formula is C25H23N7O. The minimum Gasteiger partial charge on any atom is -0.335 e. The summed E-state index contributed by atoms with van der Waals surface area (Å²) in [6.45, 7) is 1.98. The van der Waals surface area contributed by atoms with E-state index in [0.29, 0.717) is 23.7 Å². The standard InChI is InChI=1S/C25H23N7O/c33-23(9-15-3-6-26-7-4-15)18-10-17(12-28-13-18)16-1-2-20-19(11-16)24(32-31-20)25-29-21-5-8-27-14-22(21)30-25/h1-2,5,8,10-15,26H,3-4,6-7,9H2,(H,29,30)(H,31,32). The summed E-state index contributed by atoms with van der Waals surface area (Å²) >= 11 is 0. The molecule has 164 valence electrons. The Hall–Kier alpha value is -3.91. The number of hydrogen-bond acceptors (Lipinski definition) is 6. The second kappa shape index (κ2) is 8.22. The number of Topliss-reactive ketones (excluding diaryl/α,β-unsaturated/α-hetero) is 1. The van der Waals surface area contributed by atoms with Crippen molar-refractivity contribution in [1.29, 1.82) is 0 Å². The van der Waals surface area contributed by atoms with Gasteiger partial charge in [0.1, 0.15) is 5.69 Å². The summed E-state index contributed by atoms with van der Waals surface area (Å²) in [4.78, 5) is 29.4. The van der Waals surface area contributed by atoms with Crippen molar-refractivity contribution in [2.24, 2.45) is 5.92 Å². The van der Waals surface area contributed by atoms with Crippen LogP contribution in [0.3, 0.4) is 0 Å². The first-order valence-corrected chi connectivity index (χ1v) is 11.2. The molecule has 4 aromatic heterocycles. The quantitative estimate of drug-likeness (QED) is 0.356. The van der Waals surface area contributed by atoms with Crippen molar-refractivity contribution in [3.63, 3.8) is 0 Å². The highest BCUT2D eigenvalue weighted by Gasteiger charge is 2.19. The van der Waals surface area contributed by atoms with E-state index in [1.165, 1.54) is 0 Å². The molecule has 0 unspecified atom stereocenters. The molecule has 33 heavy (non-hydrogen) atoms. The molecule has 1 fully saturated rings. The van der Waals surface area contributed by atoms with Gasteiger partial charge in [-0.15, -0.1) is 0 Å². The Labute approximate surface area is 189 Å². The number of aromatic amines is 2. The van der Waals surface area contributed by atoms with E-state index in [9.17, 15) is 4.79 Å². The third-order valence-corrected chi connectivity index (χ3v) is 6.40. The fraction of sp³-hybridized carbons (Fsp3) is 0.240. The number of piperidine rings is 1. The Morgan fingerprint density at radius 2 is 1.88 bits per heavy atom. The molecule has 1 aliphatic heterocycles. The molecule has 1 saturated heterocycles. The molecule has 0 spiro atoms. The van der Waals surface area contributed by atoms with E-state index in [2.05, 4.69) is 41.5 Å². The number of imidazole rings is 1. The molecule has 0 aliphatic carbocycles. The van der Waals surface area contributed by atoms with E-state index in [-0.39, 0.29) is 5.78 Å². The summed E-state index contributed by atoms with van der Waals surface area (Å²) < 4.78 is 0. The molecule has 0 bridgehead atoms. The van der Waals surface area contributed by atoms with Gasteiger partial charge in [-0.25, -0.2) is 4.98 Å². The van der Waals surface area contributed by atoms with Crippen molar-refractivity contribution in [2.75, 3.05) is 13.1 Å². The first kappa shape index (κ1) is 19.8. The maximum atomic E-state index is 12.9. The lowest BCUT2D eigenvalue weighted by molar-refractivity contribution is 0.0952.